The number of aryl methyl sites for hydroxylation is 1. The molecule has 0 radical (unpaired) electrons. The van der Waals surface area contributed by atoms with E-state index in [1.165, 1.54) is 4.90 Å². The standard InChI is InChI=1S/C27H19ClN2O2/c1-17-14-15-20(16-22(17)28)29-25-24(19-9-3-2-4-10-19)26(31)30(27(25)32)23-13-7-11-18-8-5-6-12-21(18)23/h2-16,29H,1H3. The average Bonchev–Trinajstić information content (AvgIpc) is 3.05. The average molecular weight is 439 g/mol. The SMILES string of the molecule is Cc1ccc(NC2=C(c3ccccc3)C(=O)N(c3cccc4ccccc34)C2=O)cc1Cl. The fourth-order valence-electron chi connectivity index (χ4n) is 3.96. The topological polar surface area (TPSA) is 49.4 Å². The molecule has 0 fully saturated rings. The maximum Gasteiger partial charge on any atom is 0.282 e. The Kier molecular flexibility index (Phi) is 5.00. The van der Waals surface area contributed by atoms with Gasteiger partial charge in [-0.1, -0.05) is 84.4 Å². The zero-order chi connectivity index (χ0) is 22.2. The lowest BCUT2D eigenvalue weighted by atomic mass is 10.0. The van der Waals surface area contributed by atoms with Gasteiger partial charge in [-0.2, -0.15) is 0 Å². The van der Waals surface area contributed by atoms with Gasteiger partial charge in [0.05, 0.1) is 11.3 Å². The second-order valence-corrected chi connectivity index (χ2v) is 8.06. The fraction of sp³-hybridized carbons (Fsp3) is 0.0370. The van der Waals surface area contributed by atoms with Crippen LogP contribution in [0.2, 0.25) is 5.02 Å². The molecule has 0 aromatic heterocycles. The van der Waals surface area contributed by atoms with Crippen LogP contribution in [-0.2, 0) is 9.59 Å². The number of hydrogen-bond donors (Lipinski definition) is 1. The van der Waals surface area contributed by atoms with E-state index in [9.17, 15) is 9.59 Å². The minimum absolute atomic E-state index is 0.231. The lowest BCUT2D eigenvalue weighted by Crippen LogP contribution is -2.32. The summed E-state index contributed by atoms with van der Waals surface area (Å²) in [6.45, 7) is 1.91. The number of carbonyl (C=O) groups is 2. The Balaban J connectivity index is 1.66. The van der Waals surface area contributed by atoms with E-state index in [0.29, 0.717) is 27.5 Å². The first-order chi connectivity index (χ1) is 15.5. The largest absolute Gasteiger partial charge is 0.350 e. The van der Waals surface area contributed by atoms with Crippen LogP contribution in [0, 0.1) is 6.92 Å². The minimum atomic E-state index is -0.401. The third kappa shape index (κ3) is 3.35. The monoisotopic (exact) mass is 438 g/mol. The minimum Gasteiger partial charge on any atom is -0.350 e. The van der Waals surface area contributed by atoms with Gasteiger partial charge in [0.15, 0.2) is 0 Å². The van der Waals surface area contributed by atoms with Gasteiger partial charge in [0.1, 0.15) is 5.70 Å². The number of imide groups is 1. The van der Waals surface area contributed by atoms with Crippen molar-refractivity contribution < 1.29 is 9.59 Å². The summed E-state index contributed by atoms with van der Waals surface area (Å²) in [5, 5.41) is 5.55. The molecule has 0 unspecified atom stereocenters. The molecule has 5 rings (SSSR count). The van der Waals surface area contributed by atoms with E-state index in [2.05, 4.69) is 5.32 Å². The van der Waals surface area contributed by atoms with Gasteiger partial charge in [0, 0.05) is 16.1 Å². The van der Waals surface area contributed by atoms with Gasteiger partial charge in [0.2, 0.25) is 0 Å². The summed E-state index contributed by atoms with van der Waals surface area (Å²) >= 11 is 6.29. The molecule has 0 bridgehead atoms. The third-order valence-corrected chi connectivity index (χ3v) is 6.00. The summed E-state index contributed by atoms with van der Waals surface area (Å²) in [5.74, 6) is -0.764. The van der Waals surface area contributed by atoms with E-state index in [0.717, 1.165) is 16.3 Å². The Hall–Kier alpha value is -3.89. The molecule has 5 heteroatoms. The van der Waals surface area contributed by atoms with Gasteiger partial charge in [-0.15, -0.1) is 0 Å². The zero-order valence-corrected chi connectivity index (χ0v) is 18.1. The Morgan fingerprint density at radius 3 is 2.28 bits per heavy atom. The van der Waals surface area contributed by atoms with E-state index >= 15 is 0 Å². The number of nitrogens with one attached hydrogen (secondary N) is 1. The van der Waals surface area contributed by atoms with Crippen molar-refractivity contribution in [2.75, 3.05) is 10.2 Å². The number of fused-ring (bicyclic) bond motifs is 1. The summed E-state index contributed by atoms with van der Waals surface area (Å²) in [6, 6.07) is 28.0. The first kappa shape index (κ1) is 20.0. The van der Waals surface area contributed by atoms with Gasteiger partial charge in [-0.05, 0) is 41.6 Å². The van der Waals surface area contributed by atoms with Crippen LogP contribution in [0.5, 0.6) is 0 Å². The molecular formula is C27H19ClN2O2. The molecule has 0 aliphatic carbocycles. The molecule has 4 aromatic carbocycles. The Bertz CT molecular complexity index is 1400. The molecule has 2 amide bonds. The van der Waals surface area contributed by atoms with Crippen molar-refractivity contribution >= 4 is 51.1 Å². The van der Waals surface area contributed by atoms with Crippen molar-refractivity contribution in [3.63, 3.8) is 0 Å². The Morgan fingerprint density at radius 1 is 0.781 bits per heavy atom. The summed E-state index contributed by atoms with van der Waals surface area (Å²) in [6.07, 6.45) is 0. The van der Waals surface area contributed by atoms with Gasteiger partial charge >= 0.3 is 0 Å². The summed E-state index contributed by atoms with van der Waals surface area (Å²) < 4.78 is 0. The number of halogens is 1. The number of rotatable bonds is 4. The summed E-state index contributed by atoms with van der Waals surface area (Å²) in [5.41, 5.74) is 3.37. The molecule has 4 nitrogen and oxygen atoms in total. The molecule has 0 atom stereocenters. The van der Waals surface area contributed by atoms with Crippen LogP contribution in [0.3, 0.4) is 0 Å². The smallest absolute Gasteiger partial charge is 0.282 e. The molecule has 0 spiro atoms. The Morgan fingerprint density at radius 2 is 1.50 bits per heavy atom. The van der Waals surface area contributed by atoms with Crippen molar-refractivity contribution in [2.45, 2.75) is 6.92 Å². The van der Waals surface area contributed by atoms with Crippen LogP contribution < -0.4 is 10.2 Å². The van der Waals surface area contributed by atoms with Crippen LogP contribution in [0.15, 0.2) is 96.7 Å². The highest BCUT2D eigenvalue weighted by Crippen LogP contribution is 2.37. The highest BCUT2D eigenvalue weighted by molar-refractivity contribution is 6.47. The van der Waals surface area contributed by atoms with Gasteiger partial charge < -0.3 is 5.32 Å². The summed E-state index contributed by atoms with van der Waals surface area (Å²) in [4.78, 5) is 28.6. The zero-order valence-electron chi connectivity index (χ0n) is 17.3. The highest BCUT2D eigenvalue weighted by atomic mass is 35.5. The van der Waals surface area contributed by atoms with Crippen molar-refractivity contribution in [3.05, 3.63) is 113 Å². The molecule has 32 heavy (non-hydrogen) atoms. The number of benzene rings is 4. The van der Waals surface area contributed by atoms with E-state index in [-0.39, 0.29) is 11.6 Å². The number of hydrogen-bond acceptors (Lipinski definition) is 3. The van der Waals surface area contributed by atoms with Gasteiger partial charge in [-0.25, -0.2) is 4.90 Å². The van der Waals surface area contributed by atoms with Crippen molar-refractivity contribution in [1.29, 1.82) is 0 Å². The second kappa shape index (κ2) is 7.98. The lowest BCUT2D eigenvalue weighted by Gasteiger charge is -2.18. The number of carbonyl (C=O) groups excluding carboxylic acids is 2. The van der Waals surface area contributed by atoms with E-state index in [4.69, 9.17) is 11.6 Å². The van der Waals surface area contributed by atoms with Crippen LogP contribution in [0.4, 0.5) is 11.4 Å². The number of anilines is 2. The van der Waals surface area contributed by atoms with Crippen molar-refractivity contribution in [1.82, 2.24) is 0 Å². The fourth-order valence-corrected chi connectivity index (χ4v) is 4.14. The van der Waals surface area contributed by atoms with Crippen LogP contribution in [0.1, 0.15) is 11.1 Å². The van der Waals surface area contributed by atoms with Crippen LogP contribution in [-0.4, -0.2) is 11.8 Å². The first-order valence-electron chi connectivity index (χ1n) is 10.2. The van der Waals surface area contributed by atoms with Crippen molar-refractivity contribution in [2.24, 2.45) is 0 Å². The molecule has 1 aliphatic rings. The molecule has 1 aliphatic heterocycles. The number of nitrogens with zero attached hydrogens (tertiary/aromatic N) is 1. The highest BCUT2D eigenvalue weighted by Gasteiger charge is 2.40. The lowest BCUT2D eigenvalue weighted by molar-refractivity contribution is -0.120. The normalized spacial score (nSPS) is 13.9. The third-order valence-electron chi connectivity index (χ3n) is 5.60. The molecule has 1 heterocycles. The maximum atomic E-state index is 13.7. The molecular weight excluding hydrogens is 420 g/mol. The molecule has 156 valence electrons. The quantitative estimate of drug-likeness (QED) is 0.386. The molecule has 0 saturated carbocycles. The summed E-state index contributed by atoms with van der Waals surface area (Å²) in [7, 11) is 0. The van der Waals surface area contributed by atoms with Crippen LogP contribution >= 0.6 is 11.6 Å². The first-order valence-corrected chi connectivity index (χ1v) is 10.6. The van der Waals surface area contributed by atoms with E-state index in [1.54, 1.807) is 12.1 Å². The van der Waals surface area contributed by atoms with Gasteiger partial charge in [-0.3, -0.25) is 9.59 Å². The maximum absolute atomic E-state index is 13.7. The van der Waals surface area contributed by atoms with E-state index < -0.39 is 5.91 Å². The molecule has 0 saturated heterocycles. The number of amides is 2. The molecule has 1 N–H and O–H groups in total. The molecule has 4 aromatic rings. The van der Waals surface area contributed by atoms with E-state index in [1.807, 2.05) is 85.8 Å². The second-order valence-electron chi connectivity index (χ2n) is 7.65. The Labute approximate surface area is 190 Å². The predicted molar refractivity (Wildman–Crippen MR) is 130 cm³/mol. The predicted octanol–water partition coefficient (Wildman–Crippen LogP) is 6.20. The van der Waals surface area contributed by atoms with Crippen LogP contribution in [0.25, 0.3) is 16.3 Å². The van der Waals surface area contributed by atoms with Gasteiger partial charge in [0.25, 0.3) is 11.8 Å². The van der Waals surface area contributed by atoms with Crippen molar-refractivity contribution in [3.8, 4) is 0 Å².